The van der Waals surface area contributed by atoms with Crippen molar-refractivity contribution in [2.45, 2.75) is 49.8 Å². The molecule has 0 unspecified atom stereocenters. The zero-order valence-corrected chi connectivity index (χ0v) is 16.8. The van der Waals surface area contributed by atoms with E-state index in [4.69, 9.17) is 0 Å². The molecule has 0 spiro atoms. The van der Waals surface area contributed by atoms with Crippen molar-refractivity contribution in [1.29, 1.82) is 0 Å². The van der Waals surface area contributed by atoms with Crippen LogP contribution in [0, 0.1) is 0 Å². The number of hydrogen-bond donors (Lipinski definition) is 3. The lowest BCUT2D eigenvalue weighted by molar-refractivity contribution is -0.116. The largest absolute Gasteiger partial charge is 0.326 e. The third-order valence-electron chi connectivity index (χ3n) is 5.05. The smallest absolute Gasteiger partial charge is 0.276 e. The molecule has 3 N–H and O–H groups in total. The fraction of sp³-hybridized carbons (Fsp3) is 0.368. The van der Waals surface area contributed by atoms with E-state index in [9.17, 15) is 18.0 Å². The molecule has 9 heteroatoms. The van der Waals surface area contributed by atoms with Crippen LogP contribution >= 0.6 is 11.3 Å². The van der Waals surface area contributed by atoms with Crippen molar-refractivity contribution in [1.82, 2.24) is 10.3 Å². The van der Waals surface area contributed by atoms with Gasteiger partial charge in [-0.15, -0.1) is 16.2 Å². The number of aryl methyl sites for hydroxylation is 3. The predicted molar refractivity (Wildman–Crippen MR) is 107 cm³/mol. The van der Waals surface area contributed by atoms with Crippen LogP contribution in [0.15, 0.2) is 29.2 Å². The van der Waals surface area contributed by atoms with Gasteiger partial charge < -0.3 is 5.32 Å². The molecule has 2 heterocycles. The Labute approximate surface area is 167 Å². The first kappa shape index (κ1) is 19.1. The lowest BCUT2D eigenvalue weighted by atomic mass is 10.0. The summed E-state index contributed by atoms with van der Waals surface area (Å²) in [5.41, 5.74) is 4.90. The van der Waals surface area contributed by atoms with Crippen LogP contribution in [0.5, 0.6) is 0 Å². The number of anilines is 1. The van der Waals surface area contributed by atoms with Gasteiger partial charge in [0.2, 0.25) is 5.91 Å². The van der Waals surface area contributed by atoms with Crippen LogP contribution in [-0.2, 0) is 34.1 Å². The summed E-state index contributed by atoms with van der Waals surface area (Å²) in [7, 11) is -3.91. The average molecular weight is 420 g/mol. The first-order valence-electron chi connectivity index (χ1n) is 9.29. The van der Waals surface area contributed by atoms with Crippen molar-refractivity contribution in [2.75, 3.05) is 5.32 Å². The highest BCUT2D eigenvalue weighted by atomic mass is 32.2. The van der Waals surface area contributed by atoms with E-state index in [1.165, 1.54) is 40.3 Å². The highest BCUT2D eigenvalue weighted by Gasteiger charge is 2.22. The summed E-state index contributed by atoms with van der Waals surface area (Å²) < 4.78 is 25.1. The van der Waals surface area contributed by atoms with E-state index >= 15 is 0 Å². The number of rotatable bonds is 4. The van der Waals surface area contributed by atoms with E-state index in [0.717, 1.165) is 31.2 Å². The van der Waals surface area contributed by atoms with Crippen molar-refractivity contribution >= 4 is 38.9 Å². The summed E-state index contributed by atoms with van der Waals surface area (Å²) in [4.78, 5) is 27.8. The number of hydrogen-bond acceptors (Lipinski definition) is 5. The van der Waals surface area contributed by atoms with Crippen molar-refractivity contribution in [2.24, 2.45) is 0 Å². The fourth-order valence-corrected chi connectivity index (χ4v) is 5.58. The van der Waals surface area contributed by atoms with Gasteiger partial charge in [0.15, 0.2) is 0 Å². The second-order valence-electron chi connectivity index (χ2n) is 7.05. The molecule has 28 heavy (non-hydrogen) atoms. The molecule has 0 atom stereocenters. The number of sulfonamides is 1. The molecule has 1 aromatic heterocycles. The SMILES string of the molecule is O=C1CCc2cc(S(=O)(=O)NNC(=O)c3cc4c(s3)CCCCC4)ccc2N1. The second kappa shape index (κ2) is 7.65. The summed E-state index contributed by atoms with van der Waals surface area (Å²) in [6.07, 6.45) is 6.20. The molecule has 7 nitrogen and oxygen atoms in total. The van der Waals surface area contributed by atoms with Gasteiger partial charge in [-0.05, 0) is 67.5 Å². The average Bonchev–Trinajstić information content (AvgIpc) is 2.96. The van der Waals surface area contributed by atoms with E-state index < -0.39 is 15.9 Å². The molecule has 2 aliphatic rings. The summed E-state index contributed by atoms with van der Waals surface area (Å²) in [6.45, 7) is 0. The summed E-state index contributed by atoms with van der Waals surface area (Å²) in [5.74, 6) is -0.533. The maximum absolute atomic E-state index is 12.5. The predicted octanol–water partition coefficient (Wildman–Crippen LogP) is 2.53. The molecular formula is C19H21N3O4S2. The number of fused-ring (bicyclic) bond motifs is 2. The molecule has 2 amide bonds. The Kier molecular flexibility index (Phi) is 5.22. The number of amides is 2. The van der Waals surface area contributed by atoms with Gasteiger partial charge >= 0.3 is 0 Å². The molecule has 0 bridgehead atoms. The fourth-order valence-electron chi connectivity index (χ4n) is 3.54. The lowest BCUT2D eigenvalue weighted by Gasteiger charge is -2.17. The van der Waals surface area contributed by atoms with E-state index in [-0.39, 0.29) is 10.8 Å². The van der Waals surface area contributed by atoms with Gasteiger partial charge in [-0.25, -0.2) is 8.42 Å². The van der Waals surface area contributed by atoms with E-state index in [1.54, 1.807) is 6.07 Å². The molecule has 0 saturated heterocycles. The number of carbonyl (C=O) groups excluding carboxylic acids is 2. The highest BCUT2D eigenvalue weighted by Crippen LogP contribution is 2.29. The zero-order chi connectivity index (χ0) is 19.7. The summed E-state index contributed by atoms with van der Waals surface area (Å²) in [6, 6.07) is 6.37. The quantitative estimate of drug-likeness (QED) is 0.523. The lowest BCUT2D eigenvalue weighted by Crippen LogP contribution is -2.41. The number of nitrogens with one attached hydrogen (secondary N) is 3. The van der Waals surface area contributed by atoms with Crippen LogP contribution in [0.3, 0.4) is 0 Å². The highest BCUT2D eigenvalue weighted by molar-refractivity contribution is 7.89. The van der Waals surface area contributed by atoms with E-state index in [2.05, 4.69) is 15.6 Å². The Hall–Kier alpha value is -2.23. The van der Waals surface area contributed by atoms with Crippen LogP contribution in [-0.4, -0.2) is 20.2 Å². The standard InChI is InChI=1S/C19H21N3O4S2/c23-18-9-6-12-10-14(7-8-15(12)20-18)28(25,26)22-21-19(24)17-11-13-4-2-1-3-5-16(13)27-17/h7-8,10-11,22H,1-6,9H2,(H,20,23)(H,21,24). The minimum Gasteiger partial charge on any atom is -0.326 e. The van der Waals surface area contributed by atoms with Gasteiger partial charge in [0, 0.05) is 17.0 Å². The van der Waals surface area contributed by atoms with Gasteiger partial charge in [-0.2, -0.15) is 0 Å². The van der Waals surface area contributed by atoms with Gasteiger partial charge in [-0.3, -0.25) is 15.0 Å². The van der Waals surface area contributed by atoms with Crippen molar-refractivity contribution < 1.29 is 18.0 Å². The maximum atomic E-state index is 12.5. The minimum atomic E-state index is -3.91. The van der Waals surface area contributed by atoms with Gasteiger partial charge in [-0.1, -0.05) is 6.42 Å². The topological polar surface area (TPSA) is 104 Å². The van der Waals surface area contributed by atoms with Crippen molar-refractivity contribution in [3.8, 4) is 0 Å². The molecular weight excluding hydrogens is 398 g/mol. The summed E-state index contributed by atoms with van der Waals surface area (Å²) in [5, 5.41) is 2.72. The number of benzene rings is 1. The van der Waals surface area contributed by atoms with Crippen LogP contribution < -0.4 is 15.6 Å². The van der Waals surface area contributed by atoms with Crippen LogP contribution in [0.4, 0.5) is 5.69 Å². The molecule has 1 aromatic carbocycles. The molecule has 0 fully saturated rings. The number of hydrazine groups is 1. The van der Waals surface area contributed by atoms with Crippen molar-refractivity contribution in [3.05, 3.63) is 45.1 Å². The third kappa shape index (κ3) is 3.96. The first-order chi connectivity index (χ1) is 13.4. The second-order valence-corrected chi connectivity index (χ2v) is 9.87. The third-order valence-corrected chi connectivity index (χ3v) is 7.53. The Balaban J connectivity index is 1.45. The minimum absolute atomic E-state index is 0.0460. The normalized spacial score (nSPS) is 16.5. The Morgan fingerprint density at radius 1 is 1.00 bits per heavy atom. The summed E-state index contributed by atoms with van der Waals surface area (Å²) >= 11 is 1.43. The van der Waals surface area contributed by atoms with Gasteiger partial charge in [0.05, 0.1) is 9.77 Å². The zero-order valence-electron chi connectivity index (χ0n) is 15.2. The first-order valence-corrected chi connectivity index (χ1v) is 11.6. The van der Waals surface area contributed by atoms with E-state index in [1.807, 2.05) is 6.07 Å². The Bertz CT molecular complexity index is 1020. The number of thiophene rings is 1. The van der Waals surface area contributed by atoms with Crippen LogP contribution in [0.1, 0.15) is 51.4 Å². The molecule has 1 aliphatic carbocycles. The van der Waals surface area contributed by atoms with Crippen LogP contribution in [0.2, 0.25) is 0 Å². The Morgan fingerprint density at radius 3 is 2.68 bits per heavy atom. The Morgan fingerprint density at radius 2 is 1.82 bits per heavy atom. The molecule has 0 saturated carbocycles. The van der Waals surface area contributed by atoms with Crippen LogP contribution in [0.25, 0.3) is 0 Å². The molecule has 4 rings (SSSR count). The number of carbonyl (C=O) groups is 2. The monoisotopic (exact) mass is 419 g/mol. The molecule has 148 valence electrons. The maximum Gasteiger partial charge on any atom is 0.276 e. The van der Waals surface area contributed by atoms with E-state index in [0.29, 0.717) is 23.4 Å². The van der Waals surface area contributed by atoms with Gasteiger partial charge in [0.25, 0.3) is 15.9 Å². The molecule has 2 aromatic rings. The van der Waals surface area contributed by atoms with Crippen molar-refractivity contribution in [3.63, 3.8) is 0 Å². The molecule has 1 aliphatic heterocycles. The molecule has 0 radical (unpaired) electrons. The van der Waals surface area contributed by atoms with Gasteiger partial charge in [0.1, 0.15) is 0 Å².